The van der Waals surface area contributed by atoms with Crippen molar-refractivity contribution in [3.05, 3.63) is 30.4 Å². The standard InChI is InChI=1S/C14H20N2O3S/c1-4-7-16(11-5-6-11)20(17,18)14-9-12(15)10(2)8-13(14)19-3/h4,8-9,11H,1,5-7,15H2,2-3H3. The first-order valence-corrected chi connectivity index (χ1v) is 7.92. The van der Waals surface area contributed by atoms with Crippen LogP contribution in [-0.2, 0) is 10.0 Å². The third kappa shape index (κ3) is 2.66. The van der Waals surface area contributed by atoms with E-state index in [1.807, 2.05) is 6.92 Å². The number of nitrogens with zero attached hydrogens (tertiary/aromatic N) is 1. The maximum atomic E-state index is 12.8. The van der Waals surface area contributed by atoms with Gasteiger partial charge in [-0.1, -0.05) is 6.08 Å². The zero-order valence-corrected chi connectivity index (χ0v) is 12.6. The van der Waals surface area contributed by atoms with Gasteiger partial charge in [-0.15, -0.1) is 6.58 Å². The molecule has 0 spiro atoms. The lowest BCUT2D eigenvalue weighted by atomic mass is 10.2. The van der Waals surface area contributed by atoms with E-state index in [0.29, 0.717) is 18.0 Å². The Balaban J connectivity index is 2.52. The molecule has 6 heteroatoms. The number of nitrogen functional groups attached to an aromatic ring is 1. The van der Waals surface area contributed by atoms with Crippen molar-refractivity contribution in [2.45, 2.75) is 30.7 Å². The smallest absolute Gasteiger partial charge is 0.247 e. The molecule has 20 heavy (non-hydrogen) atoms. The molecule has 1 aromatic carbocycles. The van der Waals surface area contributed by atoms with Crippen molar-refractivity contribution in [3.63, 3.8) is 0 Å². The Labute approximate surface area is 120 Å². The average molecular weight is 296 g/mol. The van der Waals surface area contributed by atoms with Crippen molar-refractivity contribution in [1.82, 2.24) is 4.31 Å². The molecule has 1 saturated carbocycles. The fourth-order valence-corrected chi connectivity index (χ4v) is 3.93. The van der Waals surface area contributed by atoms with Crippen molar-refractivity contribution in [1.29, 1.82) is 0 Å². The summed E-state index contributed by atoms with van der Waals surface area (Å²) in [7, 11) is -2.17. The van der Waals surface area contributed by atoms with Crippen LogP contribution in [0.3, 0.4) is 0 Å². The van der Waals surface area contributed by atoms with Gasteiger partial charge in [-0.25, -0.2) is 8.42 Å². The third-order valence-corrected chi connectivity index (χ3v) is 5.34. The predicted octanol–water partition coefficient (Wildman–Crippen LogP) is 1.92. The van der Waals surface area contributed by atoms with Crippen molar-refractivity contribution >= 4 is 15.7 Å². The van der Waals surface area contributed by atoms with Gasteiger partial charge >= 0.3 is 0 Å². The van der Waals surface area contributed by atoms with Crippen LogP contribution in [0.25, 0.3) is 0 Å². The number of methoxy groups -OCH3 is 1. The van der Waals surface area contributed by atoms with Crippen molar-refractivity contribution in [3.8, 4) is 5.75 Å². The zero-order valence-electron chi connectivity index (χ0n) is 11.8. The van der Waals surface area contributed by atoms with Crippen LogP contribution in [0.2, 0.25) is 0 Å². The van der Waals surface area contributed by atoms with Gasteiger partial charge in [0.25, 0.3) is 0 Å². The van der Waals surface area contributed by atoms with Crippen LogP contribution in [0.4, 0.5) is 5.69 Å². The monoisotopic (exact) mass is 296 g/mol. The lowest BCUT2D eigenvalue weighted by molar-refractivity contribution is 0.394. The Hall–Kier alpha value is -1.53. The molecule has 0 radical (unpaired) electrons. The summed E-state index contributed by atoms with van der Waals surface area (Å²) >= 11 is 0. The molecule has 5 nitrogen and oxygen atoms in total. The summed E-state index contributed by atoms with van der Waals surface area (Å²) in [5.74, 6) is 0.325. The topological polar surface area (TPSA) is 72.6 Å². The third-order valence-electron chi connectivity index (χ3n) is 3.40. The molecule has 1 aromatic rings. The minimum Gasteiger partial charge on any atom is -0.495 e. The summed E-state index contributed by atoms with van der Waals surface area (Å²) in [5.41, 5.74) is 7.09. The molecule has 1 aliphatic rings. The van der Waals surface area contributed by atoms with Crippen molar-refractivity contribution < 1.29 is 13.2 Å². The van der Waals surface area contributed by atoms with Gasteiger partial charge < -0.3 is 10.5 Å². The van der Waals surface area contributed by atoms with Gasteiger partial charge in [0.15, 0.2) is 0 Å². The van der Waals surface area contributed by atoms with Crippen LogP contribution in [0, 0.1) is 6.92 Å². The number of ether oxygens (including phenoxy) is 1. The van der Waals surface area contributed by atoms with Gasteiger partial charge in [0, 0.05) is 18.3 Å². The summed E-state index contributed by atoms with van der Waals surface area (Å²) in [5, 5.41) is 0. The second kappa shape index (κ2) is 5.46. The number of sulfonamides is 1. The molecular formula is C14H20N2O3S. The minimum atomic E-state index is -3.62. The maximum absolute atomic E-state index is 12.8. The first-order chi connectivity index (χ1) is 9.41. The number of anilines is 1. The Morgan fingerprint density at radius 2 is 2.15 bits per heavy atom. The summed E-state index contributed by atoms with van der Waals surface area (Å²) in [4.78, 5) is 0.122. The van der Waals surface area contributed by atoms with Gasteiger partial charge in [0.05, 0.1) is 7.11 Å². The highest BCUT2D eigenvalue weighted by Gasteiger charge is 2.38. The Morgan fingerprint density at radius 3 is 2.65 bits per heavy atom. The first-order valence-electron chi connectivity index (χ1n) is 6.48. The molecule has 0 saturated heterocycles. The highest BCUT2D eigenvalue weighted by Crippen LogP contribution is 2.36. The summed E-state index contributed by atoms with van der Waals surface area (Å²) in [6.45, 7) is 5.74. The molecule has 0 amide bonds. The molecule has 0 aromatic heterocycles. The highest BCUT2D eigenvalue weighted by molar-refractivity contribution is 7.89. The molecule has 110 valence electrons. The molecule has 0 aliphatic heterocycles. The van der Waals surface area contributed by atoms with Gasteiger partial charge in [0.1, 0.15) is 10.6 Å². The highest BCUT2D eigenvalue weighted by atomic mass is 32.2. The predicted molar refractivity (Wildman–Crippen MR) is 79.3 cm³/mol. The molecule has 0 bridgehead atoms. The van der Waals surface area contributed by atoms with E-state index in [1.165, 1.54) is 17.5 Å². The molecule has 1 fully saturated rings. The van der Waals surface area contributed by atoms with Gasteiger partial charge in [-0.2, -0.15) is 4.31 Å². The molecule has 0 heterocycles. The van der Waals surface area contributed by atoms with Gasteiger partial charge in [-0.3, -0.25) is 0 Å². The van der Waals surface area contributed by atoms with Crippen LogP contribution in [-0.4, -0.2) is 32.4 Å². The van der Waals surface area contributed by atoms with Crippen molar-refractivity contribution in [2.24, 2.45) is 0 Å². The van der Waals surface area contributed by atoms with E-state index >= 15 is 0 Å². The van der Waals surface area contributed by atoms with Gasteiger partial charge in [-0.05, 0) is 37.5 Å². The molecular weight excluding hydrogens is 276 g/mol. The minimum absolute atomic E-state index is 0.0604. The normalized spacial score (nSPS) is 15.3. The number of rotatable bonds is 6. The van der Waals surface area contributed by atoms with Crippen molar-refractivity contribution in [2.75, 3.05) is 19.4 Å². The van der Waals surface area contributed by atoms with E-state index < -0.39 is 10.0 Å². The van der Waals surface area contributed by atoms with E-state index in [-0.39, 0.29) is 10.9 Å². The number of benzene rings is 1. The van der Waals surface area contributed by atoms with Crippen LogP contribution in [0.5, 0.6) is 5.75 Å². The van der Waals surface area contributed by atoms with Crippen LogP contribution in [0.1, 0.15) is 18.4 Å². The Bertz CT molecular complexity index is 622. The largest absolute Gasteiger partial charge is 0.495 e. The van der Waals surface area contributed by atoms with E-state index in [1.54, 1.807) is 12.1 Å². The lowest BCUT2D eigenvalue weighted by Crippen LogP contribution is -2.33. The Morgan fingerprint density at radius 1 is 1.50 bits per heavy atom. The summed E-state index contributed by atoms with van der Waals surface area (Å²) < 4.78 is 32.3. The lowest BCUT2D eigenvalue weighted by Gasteiger charge is -2.22. The Kier molecular flexibility index (Phi) is 4.06. The van der Waals surface area contributed by atoms with E-state index in [0.717, 1.165) is 18.4 Å². The molecule has 2 rings (SSSR count). The zero-order chi connectivity index (χ0) is 14.9. The number of hydrogen-bond acceptors (Lipinski definition) is 4. The maximum Gasteiger partial charge on any atom is 0.247 e. The molecule has 2 N–H and O–H groups in total. The number of aryl methyl sites for hydroxylation is 1. The summed E-state index contributed by atoms with van der Waals surface area (Å²) in [6.07, 6.45) is 3.37. The van der Waals surface area contributed by atoms with Crippen LogP contribution >= 0.6 is 0 Å². The second-order valence-corrected chi connectivity index (χ2v) is 6.81. The molecule has 1 aliphatic carbocycles. The SMILES string of the molecule is C=CCN(C1CC1)S(=O)(=O)c1cc(N)c(C)cc1OC. The number of hydrogen-bond donors (Lipinski definition) is 1. The van der Waals surface area contributed by atoms with E-state index in [9.17, 15) is 8.42 Å². The second-order valence-electron chi connectivity index (χ2n) is 4.95. The number of nitrogens with two attached hydrogens (primary N) is 1. The van der Waals surface area contributed by atoms with Crippen LogP contribution in [0.15, 0.2) is 29.7 Å². The first kappa shape index (κ1) is 14.9. The fraction of sp³-hybridized carbons (Fsp3) is 0.429. The molecule has 0 unspecified atom stereocenters. The molecule has 0 atom stereocenters. The van der Waals surface area contributed by atoms with Gasteiger partial charge in [0.2, 0.25) is 10.0 Å². The fourth-order valence-electron chi connectivity index (χ4n) is 2.10. The summed E-state index contributed by atoms with van der Waals surface area (Å²) in [6, 6.07) is 3.19. The van der Waals surface area contributed by atoms with E-state index in [4.69, 9.17) is 10.5 Å². The van der Waals surface area contributed by atoms with Crippen LogP contribution < -0.4 is 10.5 Å². The average Bonchev–Trinajstić information content (AvgIpc) is 3.22. The van der Waals surface area contributed by atoms with E-state index in [2.05, 4.69) is 6.58 Å². The quantitative estimate of drug-likeness (QED) is 0.643.